The number of anilines is 1. The molecule has 0 spiro atoms. The first-order valence-corrected chi connectivity index (χ1v) is 10.2. The minimum absolute atomic E-state index is 0.115. The summed E-state index contributed by atoms with van der Waals surface area (Å²) in [4.78, 5) is 4.78. The molecule has 6 heteroatoms. The molecule has 0 saturated heterocycles. The lowest BCUT2D eigenvalue weighted by atomic mass is 9.97. The highest BCUT2D eigenvalue weighted by Crippen LogP contribution is 2.38. The number of halogens is 2. The second-order valence-corrected chi connectivity index (χ2v) is 7.65. The van der Waals surface area contributed by atoms with Crippen molar-refractivity contribution in [2.75, 3.05) is 18.4 Å². The lowest BCUT2D eigenvalue weighted by molar-refractivity contribution is 0.631. The fourth-order valence-corrected chi connectivity index (χ4v) is 3.67. The van der Waals surface area contributed by atoms with Crippen LogP contribution in [0.15, 0.2) is 83.0 Å². The molecule has 0 amide bonds. The Morgan fingerprint density at radius 1 is 1.26 bits per heavy atom. The van der Waals surface area contributed by atoms with Crippen LogP contribution in [-0.2, 0) is 0 Å². The number of nitrogens with one attached hydrogen (secondary N) is 1. The van der Waals surface area contributed by atoms with Crippen LogP contribution in [0.2, 0.25) is 0 Å². The Morgan fingerprint density at radius 2 is 2.06 bits per heavy atom. The highest BCUT2D eigenvalue weighted by molar-refractivity contribution is 6.20. The molecule has 0 saturated carbocycles. The van der Waals surface area contributed by atoms with Gasteiger partial charge in [-0.2, -0.15) is 0 Å². The number of aliphatic imine (C=N–C) groups is 1. The third-order valence-electron chi connectivity index (χ3n) is 5.13. The molecule has 2 aromatic rings. The van der Waals surface area contributed by atoms with Crippen molar-refractivity contribution in [3.63, 3.8) is 0 Å². The minimum Gasteiger partial charge on any atom is -0.367 e. The molecule has 1 aromatic carbocycles. The Labute approximate surface area is 180 Å². The van der Waals surface area contributed by atoms with Gasteiger partial charge in [0, 0.05) is 36.0 Å². The molecule has 31 heavy (non-hydrogen) atoms. The number of benzene rings is 1. The van der Waals surface area contributed by atoms with Gasteiger partial charge in [-0.05, 0) is 43.7 Å². The molecule has 3 N–H and O–H groups in total. The van der Waals surface area contributed by atoms with Crippen molar-refractivity contribution in [3.8, 4) is 11.1 Å². The summed E-state index contributed by atoms with van der Waals surface area (Å²) in [5.74, 6) is -0.00933. The Balaban J connectivity index is 2.02. The molecule has 1 aromatic heterocycles. The molecule has 2 heterocycles. The van der Waals surface area contributed by atoms with Gasteiger partial charge in [0.2, 0.25) is 0 Å². The quantitative estimate of drug-likeness (QED) is 0.669. The molecule has 158 valence electrons. The summed E-state index contributed by atoms with van der Waals surface area (Å²) in [6, 6.07) is 6.51. The molecule has 0 radical (unpaired) electrons. The number of hydrogen-bond donors (Lipinski definition) is 2. The van der Waals surface area contributed by atoms with Crippen molar-refractivity contribution >= 4 is 17.2 Å². The Bertz CT molecular complexity index is 1200. The van der Waals surface area contributed by atoms with Gasteiger partial charge in [-0.1, -0.05) is 24.3 Å². The van der Waals surface area contributed by atoms with Gasteiger partial charge < -0.3 is 15.6 Å². The van der Waals surface area contributed by atoms with Crippen molar-refractivity contribution in [1.29, 1.82) is 0 Å². The normalized spacial score (nSPS) is 17.8. The van der Waals surface area contributed by atoms with Crippen LogP contribution >= 0.6 is 0 Å². The van der Waals surface area contributed by atoms with E-state index in [4.69, 9.17) is 10.7 Å². The van der Waals surface area contributed by atoms with E-state index in [1.807, 2.05) is 30.7 Å². The van der Waals surface area contributed by atoms with Crippen LogP contribution in [0.4, 0.5) is 14.6 Å². The zero-order valence-corrected chi connectivity index (χ0v) is 17.5. The highest BCUT2D eigenvalue weighted by atomic mass is 19.1. The molecule has 1 aliphatic heterocycles. The van der Waals surface area contributed by atoms with Crippen molar-refractivity contribution in [3.05, 3.63) is 89.4 Å². The van der Waals surface area contributed by atoms with Crippen LogP contribution in [0, 0.1) is 5.82 Å². The lowest BCUT2D eigenvalue weighted by Gasteiger charge is -2.13. The number of rotatable bonds is 4. The fourth-order valence-electron chi connectivity index (χ4n) is 3.67. The summed E-state index contributed by atoms with van der Waals surface area (Å²) in [5, 5.41) is 3.40. The van der Waals surface area contributed by atoms with E-state index in [-0.39, 0.29) is 17.7 Å². The second-order valence-electron chi connectivity index (χ2n) is 7.65. The predicted octanol–water partition coefficient (Wildman–Crippen LogP) is 5.22. The highest BCUT2D eigenvalue weighted by Gasteiger charge is 2.26. The van der Waals surface area contributed by atoms with Gasteiger partial charge >= 0.3 is 0 Å². The first kappa shape index (κ1) is 20.8. The van der Waals surface area contributed by atoms with Gasteiger partial charge in [0.25, 0.3) is 0 Å². The molecule has 1 aliphatic carbocycles. The van der Waals surface area contributed by atoms with Crippen LogP contribution in [-0.4, -0.2) is 29.4 Å². The van der Waals surface area contributed by atoms with Crippen molar-refractivity contribution in [2.45, 2.75) is 19.9 Å². The smallest absolute Gasteiger partial charge is 0.131 e. The minimum atomic E-state index is -0.389. The number of fused-ring (bicyclic) bond motifs is 1. The second kappa shape index (κ2) is 8.72. The zero-order chi connectivity index (χ0) is 22.0. The summed E-state index contributed by atoms with van der Waals surface area (Å²) < 4.78 is 30.9. The van der Waals surface area contributed by atoms with E-state index < -0.39 is 0 Å². The van der Waals surface area contributed by atoms with Gasteiger partial charge in [0.05, 0.1) is 23.5 Å². The summed E-state index contributed by atoms with van der Waals surface area (Å²) in [5.41, 5.74) is 13.1. The lowest BCUT2D eigenvalue weighted by Crippen LogP contribution is -2.20. The van der Waals surface area contributed by atoms with E-state index in [9.17, 15) is 8.78 Å². The predicted molar refractivity (Wildman–Crippen MR) is 123 cm³/mol. The van der Waals surface area contributed by atoms with E-state index in [1.54, 1.807) is 24.3 Å². The number of aromatic nitrogens is 1. The van der Waals surface area contributed by atoms with Gasteiger partial charge in [-0.3, -0.25) is 4.99 Å². The number of nitrogens with zero attached hydrogens (tertiary/aromatic N) is 2. The van der Waals surface area contributed by atoms with Crippen LogP contribution in [0.3, 0.4) is 0 Å². The largest absolute Gasteiger partial charge is 0.367 e. The van der Waals surface area contributed by atoms with Crippen LogP contribution < -0.4 is 11.1 Å². The number of allylic oxidation sites excluding steroid dienone is 6. The Kier molecular flexibility index (Phi) is 5.85. The first-order chi connectivity index (χ1) is 15.0. The average Bonchev–Trinajstić information content (AvgIpc) is 2.85. The maximum atomic E-state index is 14.9. The molecule has 1 atom stereocenters. The van der Waals surface area contributed by atoms with Gasteiger partial charge in [0.15, 0.2) is 0 Å². The van der Waals surface area contributed by atoms with Crippen LogP contribution in [0.1, 0.15) is 19.4 Å². The van der Waals surface area contributed by atoms with E-state index in [2.05, 4.69) is 11.0 Å². The third-order valence-corrected chi connectivity index (χ3v) is 5.13. The molecule has 0 fully saturated rings. The van der Waals surface area contributed by atoms with E-state index in [0.29, 0.717) is 35.7 Å². The number of hydrogen-bond acceptors (Lipinski definition) is 3. The molecule has 2 aliphatic rings. The van der Waals surface area contributed by atoms with Gasteiger partial charge in [-0.25, -0.2) is 8.78 Å². The van der Waals surface area contributed by atoms with E-state index >= 15 is 0 Å². The Morgan fingerprint density at radius 3 is 2.84 bits per heavy atom. The van der Waals surface area contributed by atoms with E-state index in [1.165, 1.54) is 24.3 Å². The number of nitrogens with two attached hydrogens (primary N) is 1. The summed E-state index contributed by atoms with van der Waals surface area (Å²) in [7, 11) is 0. The zero-order valence-electron chi connectivity index (χ0n) is 17.5. The summed E-state index contributed by atoms with van der Waals surface area (Å²) in [6.07, 6.45) is 9.84. The van der Waals surface area contributed by atoms with Crippen molar-refractivity contribution < 1.29 is 8.78 Å². The standard InChI is InChI=1S/C25H24F2N4/c1-16-11-12-29-25-23(24(16)30-14-17(2)28)21(20-9-5-6-10-22(20)27)15-31(25)19-8-4-3-7-18(26)13-19/h3,5-11,13,15,17,29H,12,14,28H2,1-2H3/t17-/m1/s1. The summed E-state index contributed by atoms with van der Waals surface area (Å²) >= 11 is 0. The van der Waals surface area contributed by atoms with Gasteiger partial charge in [-0.15, -0.1) is 5.73 Å². The van der Waals surface area contributed by atoms with E-state index in [0.717, 1.165) is 16.8 Å². The third kappa shape index (κ3) is 4.22. The van der Waals surface area contributed by atoms with Crippen molar-refractivity contribution in [2.24, 2.45) is 10.7 Å². The summed E-state index contributed by atoms with van der Waals surface area (Å²) in [6.45, 7) is 4.87. The first-order valence-electron chi connectivity index (χ1n) is 10.2. The van der Waals surface area contributed by atoms with Gasteiger partial charge in [0.1, 0.15) is 17.5 Å². The maximum absolute atomic E-state index is 14.9. The SMILES string of the molecule is CC1=CCNc2c(c(-c3ccccc3F)cn2C2=CC(F)=CC=C=C2)C1=NC[C@@H](C)N. The van der Waals surface area contributed by atoms with Crippen LogP contribution in [0.5, 0.6) is 0 Å². The topological polar surface area (TPSA) is 55.3 Å². The molecule has 4 rings (SSSR count). The van der Waals surface area contributed by atoms with Crippen molar-refractivity contribution in [1.82, 2.24) is 4.57 Å². The monoisotopic (exact) mass is 418 g/mol. The molecule has 0 bridgehead atoms. The fraction of sp³-hybridized carbons (Fsp3) is 0.200. The molecule has 4 nitrogen and oxygen atoms in total. The maximum Gasteiger partial charge on any atom is 0.131 e. The molecular formula is C25H24F2N4. The average molecular weight is 418 g/mol. The molecular weight excluding hydrogens is 394 g/mol. The van der Waals surface area contributed by atoms with Crippen LogP contribution in [0.25, 0.3) is 16.8 Å². The Hall–Kier alpha value is -3.47. The molecule has 0 unspecified atom stereocenters.